The summed E-state index contributed by atoms with van der Waals surface area (Å²) in [6, 6.07) is 40.3. The number of hydrogen-bond acceptors (Lipinski definition) is 2. The molecule has 3 aliphatic rings. The van der Waals surface area contributed by atoms with Crippen LogP contribution in [0.5, 0.6) is 0 Å². The first-order valence-electron chi connectivity index (χ1n) is 16.3. The van der Waals surface area contributed by atoms with E-state index in [1.807, 2.05) is 6.21 Å². The molecule has 0 radical (unpaired) electrons. The van der Waals surface area contributed by atoms with Crippen molar-refractivity contribution in [1.29, 1.82) is 0 Å². The van der Waals surface area contributed by atoms with E-state index in [2.05, 4.69) is 157 Å². The van der Waals surface area contributed by atoms with Gasteiger partial charge in [-0.3, -0.25) is 0 Å². The topological polar surface area (TPSA) is 29.3 Å². The van der Waals surface area contributed by atoms with Gasteiger partial charge in [-0.1, -0.05) is 117 Å². The molecule has 2 aliphatic carbocycles. The number of nitrogens with zero attached hydrogens (tertiary/aromatic N) is 2. The molecule has 1 atom stereocenters. The van der Waals surface area contributed by atoms with E-state index in [9.17, 15) is 0 Å². The summed E-state index contributed by atoms with van der Waals surface area (Å²) in [6.45, 7) is 4.69. The average molecular weight is 594 g/mol. The molecule has 0 fully saturated rings. The number of aliphatic imine (C=N–C) groups is 1. The molecular formula is C43H35N3. The predicted octanol–water partition coefficient (Wildman–Crippen LogP) is 10.7. The molecule has 0 saturated carbocycles. The van der Waals surface area contributed by atoms with Crippen LogP contribution >= 0.6 is 0 Å². The van der Waals surface area contributed by atoms with Gasteiger partial charge in [0.2, 0.25) is 6.29 Å². The number of aromatic nitrogens is 1. The molecular weight excluding hydrogens is 558 g/mol. The van der Waals surface area contributed by atoms with Crippen molar-refractivity contribution in [2.45, 2.75) is 38.4 Å². The molecule has 0 bridgehead atoms. The maximum atomic E-state index is 4.98. The lowest BCUT2D eigenvalue weighted by molar-refractivity contribution is 0.510. The Morgan fingerprint density at radius 2 is 1.48 bits per heavy atom. The van der Waals surface area contributed by atoms with Crippen LogP contribution in [0.15, 0.2) is 138 Å². The largest absolute Gasteiger partial charge is 0.346 e. The lowest BCUT2D eigenvalue weighted by atomic mass is 9.82. The molecule has 0 amide bonds. The van der Waals surface area contributed by atoms with Gasteiger partial charge in [0.1, 0.15) is 0 Å². The molecule has 46 heavy (non-hydrogen) atoms. The van der Waals surface area contributed by atoms with Crippen molar-refractivity contribution in [1.82, 2.24) is 9.88 Å². The first kappa shape index (κ1) is 26.9. The Hall–Kier alpha value is -5.41. The fraction of sp³-hybridized carbons (Fsp3) is 0.140. The predicted molar refractivity (Wildman–Crippen MR) is 194 cm³/mol. The fourth-order valence-corrected chi connectivity index (χ4v) is 7.77. The van der Waals surface area contributed by atoms with Crippen molar-refractivity contribution in [2.24, 2.45) is 4.99 Å². The normalized spacial score (nSPS) is 17.8. The van der Waals surface area contributed by atoms with Crippen molar-refractivity contribution < 1.29 is 0 Å². The third-order valence-corrected chi connectivity index (χ3v) is 10.2. The maximum Gasteiger partial charge on any atom is 0.200 e. The van der Waals surface area contributed by atoms with Gasteiger partial charge in [-0.05, 0) is 93.3 Å². The summed E-state index contributed by atoms with van der Waals surface area (Å²) in [7, 11) is 0. The van der Waals surface area contributed by atoms with Gasteiger partial charge in [-0.25, -0.2) is 4.99 Å². The summed E-state index contributed by atoms with van der Waals surface area (Å²) in [5, 5.41) is 6.30. The van der Waals surface area contributed by atoms with Crippen LogP contribution in [-0.2, 0) is 5.41 Å². The number of hydrogen-bond donors (Lipinski definition) is 1. The van der Waals surface area contributed by atoms with Crippen molar-refractivity contribution in [3.63, 3.8) is 0 Å². The zero-order valence-electron chi connectivity index (χ0n) is 26.2. The van der Waals surface area contributed by atoms with Crippen molar-refractivity contribution in [3.8, 4) is 22.3 Å². The summed E-state index contributed by atoms with van der Waals surface area (Å²) in [6.07, 6.45) is 12.6. The zero-order chi connectivity index (χ0) is 30.8. The lowest BCUT2D eigenvalue weighted by Crippen LogP contribution is -2.26. The maximum absolute atomic E-state index is 4.98. The van der Waals surface area contributed by atoms with E-state index >= 15 is 0 Å². The van der Waals surface area contributed by atoms with Gasteiger partial charge in [-0.2, -0.15) is 0 Å². The van der Waals surface area contributed by atoms with Gasteiger partial charge in [0.15, 0.2) is 0 Å². The molecule has 0 saturated heterocycles. The second-order valence-electron chi connectivity index (χ2n) is 13.2. The number of fused-ring (bicyclic) bond motifs is 6. The van der Waals surface area contributed by atoms with Crippen LogP contribution in [0.3, 0.4) is 0 Å². The highest BCUT2D eigenvalue weighted by molar-refractivity contribution is 6.10. The monoisotopic (exact) mass is 593 g/mol. The van der Waals surface area contributed by atoms with E-state index in [1.54, 1.807) is 0 Å². The van der Waals surface area contributed by atoms with Crippen LogP contribution in [0.4, 0.5) is 0 Å². The van der Waals surface area contributed by atoms with Crippen LogP contribution in [-0.4, -0.2) is 10.8 Å². The molecule has 5 aromatic carbocycles. The molecule has 1 N–H and O–H groups in total. The van der Waals surface area contributed by atoms with Crippen LogP contribution in [0.25, 0.3) is 55.3 Å². The smallest absolute Gasteiger partial charge is 0.200 e. The number of nitrogens with one attached hydrogen (secondary N) is 1. The Balaban J connectivity index is 1.07. The minimum atomic E-state index is -0.262. The Morgan fingerprint density at radius 1 is 0.674 bits per heavy atom. The molecule has 6 aromatic rings. The Bertz CT molecular complexity index is 2310. The standard InChI is InChI=1S/C43H35N3/c1-43(2)37-17-8-6-15-33(37)35-26-36-34-16-7-9-18-40(34)46(41(36)27-38(35)43)42-44-24-23-39(45-42)30-21-19-29(20-22-30)32-14-10-13-31(25-32)28-11-4-3-5-12-28/h3-4,6-11,13-27,42,45H,5,12H2,1-2H3. The number of rotatable bonds is 4. The van der Waals surface area contributed by atoms with E-state index in [4.69, 9.17) is 4.99 Å². The summed E-state index contributed by atoms with van der Waals surface area (Å²) < 4.78 is 2.38. The minimum absolute atomic E-state index is 0.0681. The Labute approximate surface area is 269 Å². The molecule has 3 heteroatoms. The third-order valence-electron chi connectivity index (χ3n) is 10.2. The molecule has 0 spiro atoms. The minimum Gasteiger partial charge on any atom is -0.346 e. The van der Waals surface area contributed by atoms with Crippen molar-refractivity contribution >= 4 is 39.3 Å². The number of para-hydroxylation sites is 1. The van der Waals surface area contributed by atoms with Gasteiger partial charge in [0.05, 0.1) is 11.0 Å². The highest BCUT2D eigenvalue weighted by Crippen LogP contribution is 2.51. The van der Waals surface area contributed by atoms with Gasteiger partial charge in [0.25, 0.3) is 0 Å². The second kappa shape index (κ2) is 10.3. The molecule has 2 heterocycles. The lowest BCUT2D eigenvalue weighted by Gasteiger charge is -2.25. The van der Waals surface area contributed by atoms with Gasteiger partial charge < -0.3 is 9.88 Å². The summed E-state index contributed by atoms with van der Waals surface area (Å²) in [5.41, 5.74) is 15.2. The molecule has 222 valence electrons. The van der Waals surface area contributed by atoms with E-state index in [1.165, 1.54) is 66.3 Å². The Morgan fingerprint density at radius 3 is 2.35 bits per heavy atom. The molecule has 9 rings (SSSR count). The highest BCUT2D eigenvalue weighted by atomic mass is 15.3. The third kappa shape index (κ3) is 4.15. The summed E-state index contributed by atoms with van der Waals surface area (Å²) in [4.78, 5) is 4.98. The van der Waals surface area contributed by atoms with Crippen molar-refractivity contribution in [2.75, 3.05) is 0 Å². The summed E-state index contributed by atoms with van der Waals surface area (Å²) in [5.74, 6) is 0. The quantitative estimate of drug-likeness (QED) is 0.216. The SMILES string of the molecule is CC1(C)c2ccccc2-c2cc3c4ccccc4n(C4N=CC=C(c5ccc(-c6cccc(C7=CC=CCC7)c6)cc5)N4)c3cc21. The fourth-order valence-electron chi connectivity index (χ4n) is 7.77. The van der Waals surface area contributed by atoms with Crippen LogP contribution in [0.1, 0.15) is 55.2 Å². The Kier molecular flexibility index (Phi) is 6.04. The molecule has 1 unspecified atom stereocenters. The van der Waals surface area contributed by atoms with E-state index < -0.39 is 0 Å². The molecule has 1 aliphatic heterocycles. The zero-order valence-corrected chi connectivity index (χ0v) is 26.2. The van der Waals surface area contributed by atoms with Crippen LogP contribution in [0, 0.1) is 0 Å². The van der Waals surface area contributed by atoms with Crippen LogP contribution in [0.2, 0.25) is 0 Å². The van der Waals surface area contributed by atoms with Gasteiger partial charge >= 0.3 is 0 Å². The van der Waals surface area contributed by atoms with Crippen molar-refractivity contribution in [3.05, 3.63) is 156 Å². The van der Waals surface area contributed by atoms with Gasteiger partial charge in [0, 0.05) is 28.1 Å². The highest BCUT2D eigenvalue weighted by Gasteiger charge is 2.36. The average Bonchev–Trinajstić information content (AvgIpc) is 3.56. The van der Waals surface area contributed by atoms with E-state index in [0.29, 0.717) is 0 Å². The molecule has 1 aromatic heterocycles. The van der Waals surface area contributed by atoms with Gasteiger partial charge in [-0.15, -0.1) is 0 Å². The van der Waals surface area contributed by atoms with Crippen LogP contribution < -0.4 is 5.32 Å². The number of benzene rings is 5. The first-order chi connectivity index (χ1) is 22.6. The first-order valence-corrected chi connectivity index (χ1v) is 16.3. The van der Waals surface area contributed by atoms with E-state index in [-0.39, 0.29) is 11.7 Å². The second-order valence-corrected chi connectivity index (χ2v) is 13.2. The summed E-state index contributed by atoms with van der Waals surface area (Å²) >= 11 is 0. The number of allylic oxidation sites excluding steroid dienone is 5. The molecule has 3 nitrogen and oxygen atoms in total. The van der Waals surface area contributed by atoms with E-state index in [0.717, 1.165) is 24.1 Å².